The maximum absolute atomic E-state index is 13.3. The molecule has 0 unspecified atom stereocenters. The number of aromatic carboxylic acids is 1. The van der Waals surface area contributed by atoms with E-state index < -0.39 is 11.8 Å². The van der Waals surface area contributed by atoms with Crippen LogP contribution < -0.4 is 4.74 Å². The van der Waals surface area contributed by atoms with Gasteiger partial charge in [0.05, 0.1) is 11.7 Å². The SMILES string of the molecule is CC(C)Oc1cc2c(C(=O)O)c(-c3ccc(F)cc3)oc2cc1-c1ncon1. The van der Waals surface area contributed by atoms with Crippen LogP contribution in [-0.4, -0.2) is 27.3 Å². The zero-order valence-corrected chi connectivity index (χ0v) is 15.0. The number of carbonyl (C=O) groups is 1. The van der Waals surface area contributed by atoms with E-state index in [-0.39, 0.29) is 23.3 Å². The number of carboxylic acids is 1. The molecule has 4 rings (SSSR count). The monoisotopic (exact) mass is 382 g/mol. The van der Waals surface area contributed by atoms with E-state index in [9.17, 15) is 14.3 Å². The van der Waals surface area contributed by atoms with Gasteiger partial charge in [-0.05, 0) is 50.2 Å². The lowest BCUT2D eigenvalue weighted by molar-refractivity contribution is 0.0699. The highest BCUT2D eigenvalue weighted by atomic mass is 19.1. The van der Waals surface area contributed by atoms with Crippen molar-refractivity contribution < 1.29 is 28.0 Å². The Hall–Kier alpha value is -3.68. The van der Waals surface area contributed by atoms with Gasteiger partial charge < -0.3 is 18.8 Å². The number of rotatable bonds is 5. The van der Waals surface area contributed by atoms with Crippen molar-refractivity contribution in [2.24, 2.45) is 0 Å². The van der Waals surface area contributed by atoms with Gasteiger partial charge in [0.1, 0.15) is 28.5 Å². The summed E-state index contributed by atoms with van der Waals surface area (Å²) in [6.45, 7) is 3.70. The Balaban J connectivity index is 1.99. The van der Waals surface area contributed by atoms with Gasteiger partial charge in [-0.2, -0.15) is 4.98 Å². The first-order valence-corrected chi connectivity index (χ1v) is 8.47. The molecule has 0 aliphatic carbocycles. The Morgan fingerprint density at radius 1 is 1.21 bits per heavy atom. The zero-order valence-electron chi connectivity index (χ0n) is 15.0. The number of hydrogen-bond acceptors (Lipinski definition) is 6. The number of fused-ring (bicyclic) bond motifs is 1. The lowest BCUT2D eigenvalue weighted by Gasteiger charge is -2.12. The van der Waals surface area contributed by atoms with E-state index in [1.807, 2.05) is 13.8 Å². The van der Waals surface area contributed by atoms with Crippen LogP contribution in [0.25, 0.3) is 33.7 Å². The van der Waals surface area contributed by atoms with Crippen LogP contribution in [0, 0.1) is 5.82 Å². The summed E-state index contributed by atoms with van der Waals surface area (Å²) in [5.74, 6) is -0.778. The number of ether oxygens (including phenoxy) is 1. The number of furan rings is 1. The van der Waals surface area contributed by atoms with Gasteiger partial charge >= 0.3 is 5.97 Å². The highest BCUT2D eigenvalue weighted by Gasteiger charge is 2.25. The van der Waals surface area contributed by atoms with Crippen molar-refractivity contribution in [3.63, 3.8) is 0 Å². The Labute approximate surface area is 158 Å². The summed E-state index contributed by atoms with van der Waals surface area (Å²) in [5.41, 5.74) is 1.23. The summed E-state index contributed by atoms with van der Waals surface area (Å²) in [5, 5.41) is 14.0. The van der Waals surface area contributed by atoms with Crippen LogP contribution in [0.2, 0.25) is 0 Å². The lowest BCUT2D eigenvalue weighted by Crippen LogP contribution is -2.07. The van der Waals surface area contributed by atoms with Gasteiger partial charge in [0.25, 0.3) is 0 Å². The Kier molecular flexibility index (Phi) is 4.31. The van der Waals surface area contributed by atoms with Crippen molar-refractivity contribution in [1.29, 1.82) is 0 Å². The van der Waals surface area contributed by atoms with E-state index >= 15 is 0 Å². The molecule has 0 spiro atoms. The highest BCUT2D eigenvalue weighted by molar-refractivity contribution is 6.09. The molecule has 28 heavy (non-hydrogen) atoms. The van der Waals surface area contributed by atoms with E-state index in [4.69, 9.17) is 13.7 Å². The molecule has 2 heterocycles. The molecule has 1 N–H and O–H groups in total. The number of halogens is 1. The van der Waals surface area contributed by atoms with Crippen LogP contribution in [0.15, 0.2) is 51.7 Å². The quantitative estimate of drug-likeness (QED) is 0.530. The molecule has 142 valence electrons. The van der Waals surface area contributed by atoms with Crippen LogP contribution in [-0.2, 0) is 0 Å². The molecule has 2 aromatic carbocycles. The van der Waals surface area contributed by atoms with Crippen LogP contribution >= 0.6 is 0 Å². The first-order valence-electron chi connectivity index (χ1n) is 8.47. The van der Waals surface area contributed by atoms with Gasteiger partial charge in [0, 0.05) is 10.9 Å². The molecule has 0 fully saturated rings. The number of hydrogen-bond donors (Lipinski definition) is 1. The van der Waals surface area contributed by atoms with Crippen molar-refractivity contribution in [2.45, 2.75) is 20.0 Å². The average molecular weight is 382 g/mol. The smallest absolute Gasteiger partial charge is 0.340 e. The van der Waals surface area contributed by atoms with Gasteiger partial charge in [-0.15, -0.1) is 0 Å². The molecule has 7 nitrogen and oxygen atoms in total. The minimum atomic E-state index is -1.17. The summed E-state index contributed by atoms with van der Waals surface area (Å²) >= 11 is 0. The summed E-state index contributed by atoms with van der Waals surface area (Å²) in [7, 11) is 0. The highest BCUT2D eigenvalue weighted by Crippen LogP contribution is 2.40. The maximum atomic E-state index is 13.3. The summed E-state index contributed by atoms with van der Waals surface area (Å²) in [6.07, 6.45) is 1.02. The summed E-state index contributed by atoms with van der Waals surface area (Å²) in [4.78, 5) is 16.0. The zero-order chi connectivity index (χ0) is 19.8. The fraction of sp³-hybridized carbons (Fsp3) is 0.150. The predicted octanol–water partition coefficient (Wildman–Crippen LogP) is 4.77. The van der Waals surface area contributed by atoms with Crippen LogP contribution in [0.1, 0.15) is 24.2 Å². The maximum Gasteiger partial charge on any atom is 0.340 e. The third kappa shape index (κ3) is 3.09. The molecule has 0 radical (unpaired) electrons. The molecular weight excluding hydrogens is 367 g/mol. The number of carboxylic acid groups (broad SMARTS) is 1. The van der Waals surface area contributed by atoms with Crippen molar-refractivity contribution >= 4 is 16.9 Å². The van der Waals surface area contributed by atoms with Gasteiger partial charge in [-0.25, -0.2) is 9.18 Å². The molecule has 0 atom stereocenters. The van der Waals surface area contributed by atoms with Gasteiger partial charge in [-0.1, -0.05) is 5.16 Å². The first kappa shape index (κ1) is 17.7. The van der Waals surface area contributed by atoms with Gasteiger partial charge in [0.2, 0.25) is 12.2 Å². The fourth-order valence-corrected chi connectivity index (χ4v) is 2.96. The van der Waals surface area contributed by atoms with Crippen LogP contribution in [0.4, 0.5) is 4.39 Å². The normalized spacial score (nSPS) is 11.3. The third-order valence-corrected chi connectivity index (χ3v) is 4.08. The largest absolute Gasteiger partial charge is 0.490 e. The fourth-order valence-electron chi connectivity index (χ4n) is 2.96. The van der Waals surface area contributed by atoms with Crippen LogP contribution in [0.5, 0.6) is 5.75 Å². The first-order chi connectivity index (χ1) is 13.4. The molecule has 2 aromatic heterocycles. The Bertz CT molecular complexity index is 1150. The van der Waals surface area contributed by atoms with E-state index in [1.54, 1.807) is 12.1 Å². The summed E-state index contributed by atoms with van der Waals surface area (Å²) in [6, 6.07) is 8.60. The van der Waals surface area contributed by atoms with Crippen molar-refractivity contribution in [1.82, 2.24) is 10.1 Å². The molecule has 0 saturated heterocycles. The van der Waals surface area contributed by atoms with E-state index in [2.05, 4.69) is 10.1 Å². The van der Waals surface area contributed by atoms with Crippen molar-refractivity contribution in [3.05, 3.63) is 54.2 Å². The average Bonchev–Trinajstić information content (AvgIpc) is 3.28. The number of nitrogens with zero attached hydrogens (tertiary/aromatic N) is 2. The second-order valence-electron chi connectivity index (χ2n) is 6.38. The second kappa shape index (κ2) is 6.80. The third-order valence-electron chi connectivity index (χ3n) is 4.08. The van der Waals surface area contributed by atoms with E-state index in [0.717, 1.165) is 0 Å². The lowest BCUT2D eigenvalue weighted by atomic mass is 10.0. The Morgan fingerprint density at radius 3 is 2.57 bits per heavy atom. The van der Waals surface area contributed by atoms with Crippen molar-refractivity contribution in [3.8, 4) is 28.5 Å². The number of benzene rings is 2. The van der Waals surface area contributed by atoms with Gasteiger partial charge in [-0.3, -0.25) is 0 Å². The minimum Gasteiger partial charge on any atom is -0.490 e. The molecule has 0 saturated carbocycles. The minimum absolute atomic E-state index is 0.0325. The molecule has 0 amide bonds. The van der Waals surface area contributed by atoms with Crippen molar-refractivity contribution in [2.75, 3.05) is 0 Å². The van der Waals surface area contributed by atoms with Crippen LogP contribution in [0.3, 0.4) is 0 Å². The molecule has 0 aliphatic rings. The Morgan fingerprint density at radius 2 is 1.96 bits per heavy atom. The van der Waals surface area contributed by atoms with E-state index in [0.29, 0.717) is 27.8 Å². The standard InChI is InChI=1S/C20H15FN2O5/c1-10(2)27-16-7-13-15(8-14(16)19-22-9-26-23-19)28-18(17(13)20(24)25)11-3-5-12(21)6-4-11/h3-10H,1-2H3,(H,24,25). The molecule has 4 aromatic rings. The molecule has 0 bridgehead atoms. The molecular formula is C20H15FN2O5. The number of aromatic nitrogens is 2. The summed E-state index contributed by atoms with van der Waals surface area (Å²) < 4.78 is 29.8. The second-order valence-corrected chi connectivity index (χ2v) is 6.38. The van der Waals surface area contributed by atoms with E-state index in [1.165, 1.54) is 30.7 Å². The molecule has 0 aliphatic heterocycles. The van der Waals surface area contributed by atoms with Gasteiger partial charge in [0.15, 0.2) is 0 Å². The predicted molar refractivity (Wildman–Crippen MR) is 97.6 cm³/mol. The topological polar surface area (TPSA) is 98.6 Å². The molecule has 8 heteroatoms.